The van der Waals surface area contributed by atoms with E-state index in [0.717, 1.165) is 11.1 Å². The summed E-state index contributed by atoms with van der Waals surface area (Å²) < 4.78 is 5.35. The Balaban J connectivity index is 2.29. The lowest BCUT2D eigenvalue weighted by molar-refractivity contribution is -0.139. The predicted molar refractivity (Wildman–Crippen MR) is 80.3 cm³/mol. The van der Waals surface area contributed by atoms with Crippen molar-refractivity contribution in [3.05, 3.63) is 41.3 Å². The zero-order valence-electron chi connectivity index (χ0n) is 11.5. The van der Waals surface area contributed by atoms with Crippen LogP contribution in [0.25, 0.3) is 10.4 Å². The summed E-state index contributed by atoms with van der Waals surface area (Å²) in [7, 11) is 3.94. The quantitative estimate of drug-likeness (QED) is 0.889. The van der Waals surface area contributed by atoms with Crippen molar-refractivity contribution in [2.75, 3.05) is 20.7 Å². The van der Waals surface area contributed by atoms with Gasteiger partial charge in [-0.25, -0.2) is 4.79 Å². The highest BCUT2D eigenvalue weighted by Gasteiger charge is 2.10. The Morgan fingerprint density at radius 1 is 1.35 bits per heavy atom. The van der Waals surface area contributed by atoms with Gasteiger partial charge in [-0.15, -0.1) is 11.3 Å². The van der Waals surface area contributed by atoms with Crippen molar-refractivity contribution < 1.29 is 14.6 Å². The number of hydrogen-bond acceptors (Lipinski definition) is 4. The monoisotopic (exact) mass is 291 g/mol. The molecule has 0 bridgehead atoms. The van der Waals surface area contributed by atoms with Crippen LogP contribution in [0.5, 0.6) is 5.75 Å². The van der Waals surface area contributed by atoms with E-state index in [1.807, 2.05) is 42.6 Å². The van der Waals surface area contributed by atoms with E-state index in [9.17, 15) is 4.79 Å². The highest BCUT2D eigenvalue weighted by atomic mass is 32.1. The van der Waals surface area contributed by atoms with Crippen LogP contribution in [0.4, 0.5) is 0 Å². The summed E-state index contributed by atoms with van der Waals surface area (Å²) in [5.41, 5.74) is 2.11. The SMILES string of the molecule is CN(C)Cc1cc(-c2cccs2)ccc1OCC(=O)O. The van der Waals surface area contributed by atoms with Crippen molar-refractivity contribution in [1.82, 2.24) is 4.90 Å². The van der Waals surface area contributed by atoms with Crippen LogP contribution in [0.3, 0.4) is 0 Å². The Morgan fingerprint density at radius 3 is 2.75 bits per heavy atom. The molecule has 0 aliphatic rings. The summed E-state index contributed by atoms with van der Waals surface area (Å²) in [5.74, 6) is -0.343. The molecular formula is C15H17NO3S. The molecule has 0 aliphatic heterocycles. The maximum absolute atomic E-state index is 10.6. The first-order valence-electron chi connectivity index (χ1n) is 6.22. The molecule has 0 saturated carbocycles. The van der Waals surface area contributed by atoms with E-state index in [0.29, 0.717) is 12.3 Å². The first-order valence-corrected chi connectivity index (χ1v) is 7.10. The molecule has 0 amide bonds. The topological polar surface area (TPSA) is 49.8 Å². The number of carboxylic acids is 1. The molecule has 0 fully saturated rings. The van der Waals surface area contributed by atoms with Crippen molar-refractivity contribution in [2.24, 2.45) is 0 Å². The van der Waals surface area contributed by atoms with Crippen molar-refractivity contribution in [3.63, 3.8) is 0 Å². The van der Waals surface area contributed by atoms with E-state index < -0.39 is 5.97 Å². The number of rotatable bonds is 6. The largest absolute Gasteiger partial charge is 0.482 e. The van der Waals surface area contributed by atoms with Gasteiger partial charge >= 0.3 is 5.97 Å². The average molecular weight is 291 g/mol. The second-order valence-electron chi connectivity index (χ2n) is 4.72. The van der Waals surface area contributed by atoms with Crippen LogP contribution in [0, 0.1) is 0 Å². The van der Waals surface area contributed by atoms with Gasteiger partial charge in [0, 0.05) is 17.0 Å². The van der Waals surface area contributed by atoms with Crippen molar-refractivity contribution in [1.29, 1.82) is 0 Å². The highest BCUT2D eigenvalue weighted by Crippen LogP contribution is 2.30. The van der Waals surface area contributed by atoms with Crippen molar-refractivity contribution >= 4 is 17.3 Å². The number of thiophene rings is 1. The molecule has 0 unspecified atom stereocenters. The summed E-state index contributed by atoms with van der Waals surface area (Å²) in [6.07, 6.45) is 0. The van der Waals surface area contributed by atoms with Gasteiger partial charge in [0.2, 0.25) is 0 Å². The number of hydrogen-bond donors (Lipinski definition) is 1. The molecule has 20 heavy (non-hydrogen) atoms. The number of benzene rings is 1. The van der Waals surface area contributed by atoms with Gasteiger partial charge in [0.25, 0.3) is 0 Å². The van der Waals surface area contributed by atoms with Crippen LogP contribution in [0.1, 0.15) is 5.56 Å². The van der Waals surface area contributed by atoms with Gasteiger partial charge in [0.05, 0.1) is 0 Å². The van der Waals surface area contributed by atoms with Gasteiger partial charge in [-0.05, 0) is 49.3 Å². The predicted octanol–water partition coefficient (Wildman–Crippen LogP) is 2.94. The molecule has 0 radical (unpaired) electrons. The molecule has 1 N–H and O–H groups in total. The molecule has 4 nitrogen and oxygen atoms in total. The van der Waals surface area contributed by atoms with Crippen molar-refractivity contribution in [2.45, 2.75) is 6.54 Å². The Labute approximate surface area is 122 Å². The van der Waals surface area contributed by atoms with Gasteiger partial charge in [-0.1, -0.05) is 6.07 Å². The van der Waals surface area contributed by atoms with Gasteiger partial charge in [-0.2, -0.15) is 0 Å². The van der Waals surface area contributed by atoms with Gasteiger partial charge in [0.15, 0.2) is 6.61 Å². The van der Waals surface area contributed by atoms with Crippen LogP contribution >= 0.6 is 11.3 Å². The fourth-order valence-electron chi connectivity index (χ4n) is 1.92. The molecule has 0 atom stereocenters. The molecule has 1 heterocycles. The van der Waals surface area contributed by atoms with Crippen LogP contribution in [0.15, 0.2) is 35.7 Å². The number of nitrogens with zero attached hydrogens (tertiary/aromatic N) is 1. The van der Waals surface area contributed by atoms with E-state index in [1.165, 1.54) is 4.88 Å². The molecule has 0 aliphatic carbocycles. The van der Waals surface area contributed by atoms with Gasteiger partial charge in [-0.3, -0.25) is 0 Å². The average Bonchev–Trinajstić information content (AvgIpc) is 2.90. The number of carbonyl (C=O) groups is 1. The number of carboxylic acid groups (broad SMARTS) is 1. The van der Waals surface area contributed by atoms with E-state index in [4.69, 9.17) is 9.84 Å². The second kappa shape index (κ2) is 6.54. The smallest absolute Gasteiger partial charge is 0.341 e. The second-order valence-corrected chi connectivity index (χ2v) is 5.67. The van der Waals surface area contributed by atoms with E-state index in [-0.39, 0.29) is 6.61 Å². The lowest BCUT2D eigenvalue weighted by atomic mass is 10.1. The molecule has 0 spiro atoms. The standard InChI is InChI=1S/C15H17NO3S/c1-16(2)9-12-8-11(14-4-3-7-20-14)5-6-13(12)19-10-15(17)18/h3-8H,9-10H2,1-2H3,(H,17,18). The summed E-state index contributed by atoms with van der Waals surface area (Å²) in [6.45, 7) is 0.382. The Morgan fingerprint density at radius 2 is 2.15 bits per heavy atom. The minimum atomic E-state index is -0.969. The van der Waals surface area contributed by atoms with Crippen LogP contribution in [-0.2, 0) is 11.3 Å². The summed E-state index contributed by atoms with van der Waals surface area (Å²) in [4.78, 5) is 13.8. The highest BCUT2D eigenvalue weighted by molar-refractivity contribution is 7.13. The molecule has 1 aromatic heterocycles. The van der Waals surface area contributed by atoms with Crippen LogP contribution < -0.4 is 4.74 Å². The van der Waals surface area contributed by atoms with Crippen LogP contribution in [0.2, 0.25) is 0 Å². The minimum absolute atomic E-state index is 0.321. The van der Waals surface area contributed by atoms with Gasteiger partial charge in [0.1, 0.15) is 5.75 Å². The third kappa shape index (κ3) is 3.82. The lowest BCUT2D eigenvalue weighted by Crippen LogP contribution is -2.14. The number of aliphatic carboxylic acids is 1. The third-order valence-electron chi connectivity index (χ3n) is 2.70. The van der Waals surface area contributed by atoms with E-state index in [2.05, 4.69) is 12.1 Å². The molecular weight excluding hydrogens is 274 g/mol. The first kappa shape index (κ1) is 14.6. The first-order chi connectivity index (χ1) is 9.56. The normalized spacial score (nSPS) is 10.8. The Kier molecular flexibility index (Phi) is 4.76. The minimum Gasteiger partial charge on any atom is -0.482 e. The molecule has 106 valence electrons. The molecule has 1 aromatic carbocycles. The third-order valence-corrected chi connectivity index (χ3v) is 3.62. The molecule has 2 aromatic rings. The fourth-order valence-corrected chi connectivity index (χ4v) is 2.64. The van der Waals surface area contributed by atoms with E-state index in [1.54, 1.807) is 11.3 Å². The maximum atomic E-state index is 10.6. The maximum Gasteiger partial charge on any atom is 0.341 e. The summed E-state index contributed by atoms with van der Waals surface area (Å²) in [5, 5.41) is 10.8. The fraction of sp³-hybridized carbons (Fsp3) is 0.267. The zero-order chi connectivity index (χ0) is 14.5. The van der Waals surface area contributed by atoms with Crippen LogP contribution in [-0.4, -0.2) is 36.7 Å². The molecule has 2 rings (SSSR count). The number of ether oxygens (including phenoxy) is 1. The lowest BCUT2D eigenvalue weighted by Gasteiger charge is -2.15. The Hall–Kier alpha value is -1.85. The summed E-state index contributed by atoms with van der Waals surface area (Å²) >= 11 is 1.68. The Bertz CT molecular complexity index is 579. The zero-order valence-corrected chi connectivity index (χ0v) is 12.3. The van der Waals surface area contributed by atoms with Gasteiger partial charge < -0.3 is 14.7 Å². The molecule has 5 heteroatoms. The molecule has 0 saturated heterocycles. The van der Waals surface area contributed by atoms with Crippen molar-refractivity contribution in [3.8, 4) is 16.2 Å². The summed E-state index contributed by atoms with van der Waals surface area (Å²) in [6, 6.07) is 9.94. The van der Waals surface area contributed by atoms with E-state index >= 15 is 0 Å².